The van der Waals surface area contributed by atoms with E-state index < -0.39 is 7.37 Å². The van der Waals surface area contributed by atoms with Crippen LogP contribution in [0.2, 0.25) is 0 Å². The lowest BCUT2D eigenvalue weighted by molar-refractivity contribution is 0.393. The maximum Gasteiger partial charge on any atom is 0.261 e. The van der Waals surface area contributed by atoms with Gasteiger partial charge in [-0.15, -0.1) is 0 Å². The standard InChI is InChI=1S/C15H17O4P.B/c1-17-12-9-13(18-2)11-15(10-12)20(16,19-3)14-7-5-4-6-8-14;/h4-11H,1-3H3;. The minimum absolute atomic E-state index is 0. The molecule has 0 fully saturated rings. The molecule has 21 heavy (non-hydrogen) atoms. The first-order valence-electron chi connectivity index (χ1n) is 6.09. The van der Waals surface area contributed by atoms with Crippen molar-refractivity contribution >= 4 is 26.4 Å². The van der Waals surface area contributed by atoms with E-state index in [1.165, 1.54) is 7.11 Å². The molecule has 2 aromatic rings. The van der Waals surface area contributed by atoms with Gasteiger partial charge in [0.15, 0.2) is 0 Å². The summed E-state index contributed by atoms with van der Waals surface area (Å²) in [7, 11) is 1.41. The molecular weight excluding hydrogens is 286 g/mol. The Bertz CT molecular complexity index is 609. The lowest BCUT2D eigenvalue weighted by atomic mass is 10.3. The van der Waals surface area contributed by atoms with Crippen LogP contribution in [-0.4, -0.2) is 29.7 Å². The maximum atomic E-state index is 13.2. The fourth-order valence-electron chi connectivity index (χ4n) is 1.95. The molecule has 0 bridgehead atoms. The zero-order valence-electron chi connectivity index (χ0n) is 12.3. The molecule has 2 rings (SSSR count). The molecule has 0 N–H and O–H groups in total. The molecule has 2 aromatic carbocycles. The molecule has 109 valence electrons. The van der Waals surface area contributed by atoms with E-state index in [9.17, 15) is 4.57 Å². The van der Waals surface area contributed by atoms with Crippen molar-refractivity contribution in [2.45, 2.75) is 0 Å². The van der Waals surface area contributed by atoms with Crippen molar-refractivity contribution in [2.75, 3.05) is 21.3 Å². The van der Waals surface area contributed by atoms with E-state index in [1.54, 1.807) is 44.6 Å². The average molecular weight is 303 g/mol. The summed E-state index contributed by atoms with van der Waals surface area (Å²) in [4.78, 5) is 0. The number of methoxy groups -OCH3 is 2. The molecule has 0 aliphatic rings. The van der Waals surface area contributed by atoms with Crippen LogP contribution in [0.3, 0.4) is 0 Å². The third-order valence-corrected chi connectivity index (χ3v) is 5.46. The number of hydrogen-bond donors (Lipinski definition) is 0. The van der Waals surface area contributed by atoms with Gasteiger partial charge < -0.3 is 14.0 Å². The molecule has 4 nitrogen and oxygen atoms in total. The third-order valence-electron chi connectivity index (χ3n) is 3.03. The predicted molar refractivity (Wildman–Crippen MR) is 85.6 cm³/mol. The van der Waals surface area contributed by atoms with Crippen molar-refractivity contribution < 1.29 is 18.6 Å². The normalized spacial score (nSPS) is 12.9. The van der Waals surface area contributed by atoms with Gasteiger partial charge in [-0.05, 0) is 24.3 Å². The van der Waals surface area contributed by atoms with E-state index in [0.29, 0.717) is 22.1 Å². The zero-order chi connectivity index (χ0) is 14.6. The number of rotatable bonds is 5. The first kappa shape index (κ1) is 17.3. The molecule has 6 heteroatoms. The van der Waals surface area contributed by atoms with Crippen LogP contribution in [0.25, 0.3) is 0 Å². The monoisotopic (exact) mass is 303 g/mol. The third kappa shape index (κ3) is 3.49. The lowest BCUT2D eigenvalue weighted by Crippen LogP contribution is -2.17. The van der Waals surface area contributed by atoms with Gasteiger partial charge in [0.1, 0.15) is 11.5 Å². The predicted octanol–water partition coefficient (Wildman–Crippen LogP) is 2.20. The molecule has 0 aromatic heterocycles. The summed E-state index contributed by atoms with van der Waals surface area (Å²) in [6.45, 7) is 0. The molecule has 3 radical (unpaired) electrons. The molecular formula is C15H17BO4P. The molecule has 0 spiro atoms. The zero-order valence-corrected chi connectivity index (χ0v) is 13.2. The Hall–Kier alpha value is -1.71. The first-order chi connectivity index (χ1) is 9.63. The Labute approximate surface area is 127 Å². The van der Waals surface area contributed by atoms with Crippen molar-refractivity contribution in [3.05, 3.63) is 48.5 Å². The summed E-state index contributed by atoms with van der Waals surface area (Å²) in [5.41, 5.74) is 0. The summed E-state index contributed by atoms with van der Waals surface area (Å²) < 4.78 is 29.0. The Morgan fingerprint density at radius 3 is 1.76 bits per heavy atom. The molecule has 0 heterocycles. The van der Waals surface area contributed by atoms with Gasteiger partial charge in [0, 0.05) is 32.2 Å². The van der Waals surface area contributed by atoms with Crippen molar-refractivity contribution in [3.63, 3.8) is 0 Å². The lowest BCUT2D eigenvalue weighted by Gasteiger charge is -2.18. The molecule has 0 aliphatic carbocycles. The maximum absolute atomic E-state index is 13.2. The summed E-state index contributed by atoms with van der Waals surface area (Å²) in [5.74, 6) is 1.15. The number of benzene rings is 2. The van der Waals surface area contributed by atoms with Crippen molar-refractivity contribution in [2.24, 2.45) is 0 Å². The van der Waals surface area contributed by atoms with Crippen LogP contribution < -0.4 is 20.1 Å². The molecule has 0 saturated heterocycles. The quantitative estimate of drug-likeness (QED) is 0.627. The Morgan fingerprint density at radius 1 is 0.810 bits per heavy atom. The van der Waals surface area contributed by atoms with Crippen LogP contribution in [0, 0.1) is 0 Å². The Morgan fingerprint density at radius 2 is 1.33 bits per heavy atom. The molecule has 0 aliphatic heterocycles. The van der Waals surface area contributed by atoms with Crippen molar-refractivity contribution in [1.29, 1.82) is 0 Å². The molecule has 0 amide bonds. The summed E-state index contributed by atoms with van der Waals surface area (Å²) in [6.07, 6.45) is 0. The van der Waals surface area contributed by atoms with Crippen molar-refractivity contribution in [1.82, 2.24) is 0 Å². The van der Waals surface area contributed by atoms with E-state index in [2.05, 4.69) is 0 Å². The van der Waals surface area contributed by atoms with Gasteiger partial charge in [0.25, 0.3) is 7.37 Å². The second-order valence-corrected chi connectivity index (χ2v) is 6.64. The minimum atomic E-state index is -3.15. The molecule has 1 unspecified atom stereocenters. The second kappa shape index (κ2) is 7.35. The Balaban J connectivity index is 0.00000220. The second-order valence-electron chi connectivity index (χ2n) is 4.14. The summed E-state index contributed by atoms with van der Waals surface area (Å²) in [6, 6.07) is 14.3. The fourth-order valence-corrected chi connectivity index (χ4v) is 3.83. The van der Waals surface area contributed by atoms with Gasteiger partial charge in [0.05, 0.1) is 14.2 Å². The van der Waals surface area contributed by atoms with Gasteiger partial charge in [0.2, 0.25) is 0 Å². The van der Waals surface area contributed by atoms with E-state index in [4.69, 9.17) is 14.0 Å². The fraction of sp³-hybridized carbons (Fsp3) is 0.200. The van der Waals surface area contributed by atoms with E-state index >= 15 is 0 Å². The highest BCUT2D eigenvalue weighted by Crippen LogP contribution is 2.45. The first-order valence-corrected chi connectivity index (χ1v) is 7.71. The smallest absolute Gasteiger partial charge is 0.261 e. The number of hydrogen-bond acceptors (Lipinski definition) is 4. The Kier molecular flexibility index (Phi) is 6.07. The van der Waals surface area contributed by atoms with Crippen LogP contribution in [0.15, 0.2) is 48.5 Å². The SMILES string of the molecule is COc1cc(OC)cc(P(=O)(OC)c2ccccc2)c1.[B]. The molecule has 0 saturated carbocycles. The van der Waals surface area contributed by atoms with Gasteiger partial charge in [-0.25, -0.2) is 0 Å². The highest BCUT2D eigenvalue weighted by atomic mass is 31.2. The topological polar surface area (TPSA) is 44.8 Å². The molecule has 1 atom stereocenters. The summed E-state index contributed by atoms with van der Waals surface area (Å²) >= 11 is 0. The van der Waals surface area contributed by atoms with Crippen LogP contribution >= 0.6 is 7.37 Å². The van der Waals surface area contributed by atoms with E-state index in [0.717, 1.165) is 0 Å². The van der Waals surface area contributed by atoms with Gasteiger partial charge in [-0.1, -0.05) is 18.2 Å². The van der Waals surface area contributed by atoms with Crippen LogP contribution in [0.4, 0.5) is 0 Å². The number of ether oxygens (including phenoxy) is 2. The highest BCUT2D eigenvalue weighted by Gasteiger charge is 2.28. The van der Waals surface area contributed by atoms with E-state index in [-0.39, 0.29) is 8.41 Å². The summed E-state index contributed by atoms with van der Waals surface area (Å²) in [5, 5.41) is 1.18. The van der Waals surface area contributed by atoms with Crippen LogP contribution in [-0.2, 0) is 9.09 Å². The van der Waals surface area contributed by atoms with Crippen LogP contribution in [0.1, 0.15) is 0 Å². The largest absolute Gasteiger partial charge is 0.497 e. The van der Waals surface area contributed by atoms with Crippen molar-refractivity contribution in [3.8, 4) is 11.5 Å². The van der Waals surface area contributed by atoms with Gasteiger partial charge in [-0.2, -0.15) is 0 Å². The minimum Gasteiger partial charge on any atom is -0.497 e. The van der Waals surface area contributed by atoms with Gasteiger partial charge >= 0.3 is 0 Å². The average Bonchev–Trinajstić information content (AvgIpc) is 2.54. The van der Waals surface area contributed by atoms with E-state index in [1.807, 2.05) is 18.2 Å². The van der Waals surface area contributed by atoms with Crippen LogP contribution in [0.5, 0.6) is 11.5 Å². The van der Waals surface area contributed by atoms with Gasteiger partial charge in [-0.3, -0.25) is 4.57 Å². The highest BCUT2D eigenvalue weighted by molar-refractivity contribution is 7.74.